The highest BCUT2D eigenvalue weighted by atomic mass is 16.5. The third kappa shape index (κ3) is 3.34. The number of carbonyl (C=O) groups excluding carboxylic acids is 1. The topological polar surface area (TPSA) is 86.5 Å². The monoisotopic (exact) mass is 289 g/mol. The van der Waals surface area contributed by atoms with Gasteiger partial charge in [0.05, 0.1) is 14.2 Å². The second-order valence-corrected chi connectivity index (χ2v) is 4.80. The molecule has 0 aliphatic rings. The highest BCUT2D eigenvalue weighted by Crippen LogP contribution is 2.34. The average Bonchev–Trinajstić information content (AvgIpc) is 2.45. The quantitative estimate of drug-likeness (QED) is 0.848. The molecule has 1 amide bonds. The van der Waals surface area contributed by atoms with Crippen LogP contribution in [-0.2, 0) is 4.79 Å². The summed E-state index contributed by atoms with van der Waals surface area (Å²) < 4.78 is 10.6. The lowest BCUT2D eigenvalue weighted by Gasteiger charge is -2.16. The third-order valence-corrected chi connectivity index (χ3v) is 3.16. The second kappa shape index (κ2) is 6.30. The van der Waals surface area contributed by atoms with Crippen LogP contribution in [0.25, 0.3) is 10.8 Å². The first-order chi connectivity index (χ1) is 10.0. The minimum atomic E-state index is -0.352. The van der Waals surface area contributed by atoms with Crippen LogP contribution < -0.4 is 20.5 Å². The first-order valence-corrected chi connectivity index (χ1v) is 6.60. The zero-order valence-corrected chi connectivity index (χ0v) is 12.3. The number of aromatic nitrogens is 1. The van der Waals surface area contributed by atoms with Gasteiger partial charge in [-0.05, 0) is 30.5 Å². The number of nitrogens with one attached hydrogen (secondary N) is 1. The molecule has 0 aliphatic carbocycles. The Morgan fingerprint density at radius 1 is 1.33 bits per heavy atom. The highest BCUT2D eigenvalue weighted by molar-refractivity contribution is 5.94. The Balaban J connectivity index is 2.42. The highest BCUT2D eigenvalue weighted by Gasteiger charge is 2.12. The minimum Gasteiger partial charge on any atom is -0.493 e. The van der Waals surface area contributed by atoms with Crippen LogP contribution in [0.2, 0.25) is 0 Å². The molecule has 1 atom stereocenters. The number of rotatable bonds is 6. The predicted molar refractivity (Wildman–Crippen MR) is 81.7 cm³/mol. The molecule has 0 saturated heterocycles. The van der Waals surface area contributed by atoms with E-state index >= 15 is 0 Å². The van der Waals surface area contributed by atoms with Crippen LogP contribution in [0.15, 0.2) is 24.4 Å². The van der Waals surface area contributed by atoms with Crippen molar-refractivity contribution in [2.24, 2.45) is 5.73 Å². The van der Waals surface area contributed by atoms with Crippen LogP contribution in [0.3, 0.4) is 0 Å². The number of nitrogens with two attached hydrogens (primary N) is 1. The number of nitrogens with zero attached hydrogens (tertiary/aromatic N) is 1. The molecule has 3 N–H and O–H groups in total. The first kappa shape index (κ1) is 14.9. The summed E-state index contributed by atoms with van der Waals surface area (Å²) in [6.07, 6.45) is 1.94. The number of ether oxygens (including phenoxy) is 2. The predicted octanol–water partition coefficient (Wildman–Crippen LogP) is 1.93. The van der Waals surface area contributed by atoms with Crippen LogP contribution in [0.5, 0.6) is 11.5 Å². The molecule has 6 heteroatoms. The number of methoxy groups -OCH3 is 2. The first-order valence-electron chi connectivity index (χ1n) is 6.60. The van der Waals surface area contributed by atoms with Crippen molar-refractivity contribution in [1.29, 1.82) is 0 Å². The van der Waals surface area contributed by atoms with Gasteiger partial charge >= 0.3 is 0 Å². The number of amides is 1. The maximum atomic E-state index is 11.0. The van der Waals surface area contributed by atoms with Gasteiger partial charge in [-0.25, -0.2) is 4.98 Å². The molecule has 1 heterocycles. The molecule has 1 aromatic carbocycles. The number of primary amides is 1. The number of pyridine rings is 1. The van der Waals surface area contributed by atoms with E-state index in [-0.39, 0.29) is 18.4 Å². The number of anilines is 1. The smallest absolute Gasteiger partial charge is 0.219 e. The minimum absolute atomic E-state index is 0.103. The van der Waals surface area contributed by atoms with E-state index in [1.165, 1.54) is 0 Å². The van der Waals surface area contributed by atoms with Gasteiger partial charge in [-0.3, -0.25) is 4.79 Å². The van der Waals surface area contributed by atoms with Gasteiger partial charge in [0, 0.05) is 24.0 Å². The van der Waals surface area contributed by atoms with E-state index < -0.39 is 0 Å². The molecular formula is C15H19N3O3. The zero-order chi connectivity index (χ0) is 15.4. The maximum absolute atomic E-state index is 11.0. The normalized spacial score (nSPS) is 12.0. The van der Waals surface area contributed by atoms with Crippen LogP contribution in [-0.4, -0.2) is 31.2 Å². The molecule has 1 unspecified atom stereocenters. The summed E-state index contributed by atoms with van der Waals surface area (Å²) in [5.74, 6) is 1.62. The molecule has 0 radical (unpaired) electrons. The van der Waals surface area contributed by atoms with Crippen molar-refractivity contribution in [3.05, 3.63) is 24.4 Å². The van der Waals surface area contributed by atoms with Crippen molar-refractivity contribution in [1.82, 2.24) is 4.98 Å². The molecular weight excluding hydrogens is 270 g/mol. The van der Waals surface area contributed by atoms with Crippen molar-refractivity contribution in [3.63, 3.8) is 0 Å². The summed E-state index contributed by atoms with van der Waals surface area (Å²) in [5.41, 5.74) is 5.21. The van der Waals surface area contributed by atoms with Gasteiger partial charge in [0.15, 0.2) is 11.5 Å². The van der Waals surface area contributed by atoms with Gasteiger partial charge in [0.1, 0.15) is 5.82 Å². The molecule has 0 saturated carbocycles. The van der Waals surface area contributed by atoms with Gasteiger partial charge in [-0.15, -0.1) is 0 Å². The van der Waals surface area contributed by atoms with Gasteiger partial charge in [-0.1, -0.05) is 0 Å². The van der Waals surface area contributed by atoms with Gasteiger partial charge in [-0.2, -0.15) is 0 Å². The van der Waals surface area contributed by atoms with E-state index in [0.29, 0.717) is 17.3 Å². The Labute approximate surface area is 123 Å². The molecule has 1 aromatic heterocycles. The summed E-state index contributed by atoms with van der Waals surface area (Å²) in [6.45, 7) is 1.88. The Morgan fingerprint density at radius 3 is 2.62 bits per heavy atom. The number of hydrogen-bond donors (Lipinski definition) is 2. The lowest BCUT2D eigenvalue weighted by molar-refractivity contribution is -0.118. The van der Waals surface area contributed by atoms with Crippen LogP contribution in [0.1, 0.15) is 13.3 Å². The van der Waals surface area contributed by atoms with Crippen LogP contribution in [0.4, 0.5) is 5.82 Å². The molecule has 2 rings (SSSR count). The summed E-state index contributed by atoms with van der Waals surface area (Å²) >= 11 is 0. The van der Waals surface area contributed by atoms with E-state index in [4.69, 9.17) is 15.2 Å². The second-order valence-electron chi connectivity index (χ2n) is 4.80. The number of hydrogen-bond acceptors (Lipinski definition) is 5. The van der Waals surface area contributed by atoms with Gasteiger partial charge in [0.2, 0.25) is 5.91 Å². The fourth-order valence-electron chi connectivity index (χ4n) is 2.20. The van der Waals surface area contributed by atoms with Crippen molar-refractivity contribution < 1.29 is 14.3 Å². The standard InChI is InChI=1S/C15H19N3O3/c1-9(6-14(16)19)18-15-11-8-13(21-3)12(20-2)7-10(11)4-5-17-15/h4-5,7-9H,6H2,1-3H3,(H2,16,19)(H,17,18). The van der Waals surface area contributed by atoms with E-state index in [2.05, 4.69) is 10.3 Å². The number of carbonyl (C=O) groups is 1. The molecule has 0 fully saturated rings. The molecule has 2 aromatic rings. The van der Waals surface area contributed by atoms with Crippen molar-refractivity contribution in [3.8, 4) is 11.5 Å². The molecule has 112 valence electrons. The fourth-order valence-corrected chi connectivity index (χ4v) is 2.20. The summed E-state index contributed by atoms with van der Waals surface area (Å²) in [5, 5.41) is 5.06. The van der Waals surface area contributed by atoms with Crippen molar-refractivity contribution in [2.45, 2.75) is 19.4 Å². The Bertz CT molecular complexity index is 658. The molecule has 6 nitrogen and oxygen atoms in total. The van der Waals surface area contributed by atoms with Crippen molar-refractivity contribution in [2.75, 3.05) is 19.5 Å². The molecule has 0 aliphatic heterocycles. The van der Waals surface area contributed by atoms with E-state index in [0.717, 1.165) is 10.8 Å². The summed E-state index contributed by atoms with van der Waals surface area (Å²) in [4.78, 5) is 15.3. The third-order valence-electron chi connectivity index (χ3n) is 3.16. The maximum Gasteiger partial charge on any atom is 0.219 e. The van der Waals surface area contributed by atoms with E-state index in [9.17, 15) is 4.79 Å². The van der Waals surface area contributed by atoms with Gasteiger partial charge < -0.3 is 20.5 Å². The Kier molecular flexibility index (Phi) is 4.47. The van der Waals surface area contributed by atoms with E-state index in [1.54, 1.807) is 20.4 Å². The lowest BCUT2D eigenvalue weighted by Crippen LogP contribution is -2.24. The fraction of sp³-hybridized carbons (Fsp3) is 0.333. The lowest BCUT2D eigenvalue weighted by atomic mass is 10.1. The van der Waals surface area contributed by atoms with Crippen LogP contribution in [0, 0.1) is 0 Å². The Hall–Kier alpha value is -2.50. The number of benzene rings is 1. The largest absolute Gasteiger partial charge is 0.493 e. The Morgan fingerprint density at radius 2 is 2.00 bits per heavy atom. The molecule has 0 bridgehead atoms. The van der Waals surface area contributed by atoms with Crippen molar-refractivity contribution >= 4 is 22.5 Å². The van der Waals surface area contributed by atoms with E-state index in [1.807, 2.05) is 25.1 Å². The zero-order valence-electron chi connectivity index (χ0n) is 12.3. The molecule has 21 heavy (non-hydrogen) atoms. The summed E-state index contributed by atoms with van der Waals surface area (Å²) in [7, 11) is 3.18. The average molecular weight is 289 g/mol. The SMILES string of the molecule is COc1cc2ccnc(NC(C)CC(N)=O)c2cc1OC. The number of fused-ring (bicyclic) bond motifs is 1. The van der Waals surface area contributed by atoms with Gasteiger partial charge in [0.25, 0.3) is 0 Å². The molecule has 0 spiro atoms. The van der Waals surface area contributed by atoms with Crippen LogP contribution >= 0.6 is 0 Å². The summed E-state index contributed by atoms with van der Waals surface area (Å²) in [6, 6.07) is 5.54.